The predicted molar refractivity (Wildman–Crippen MR) is 85.0 cm³/mol. The molecule has 0 bridgehead atoms. The standard InChI is InChI=1S/C16H13Cl2FN2/c1-9-3-5-12(19)8-14(9)21-15-7-11(18)4-6-13(15)20-16(21)10(2)17/h3-8,10H,1-2H3. The highest BCUT2D eigenvalue weighted by Crippen LogP contribution is 2.31. The fourth-order valence-corrected chi connectivity index (χ4v) is 2.72. The van der Waals surface area contributed by atoms with Crippen LogP contribution in [0.4, 0.5) is 4.39 Å². The molecule has 108 valence electrons. The molecule has 1 atom stereocenters. The van der Waals surface area contributed by atoms with Crippen molar-refractivity contribution in [3.63, 3.8) is 0 Å². The van der Waals surface area contributed by atoms with Crippen LogP contribution in [0.5, 0.6) is 0 Å². The quantitative estimate of drug-likeness (QED) is 0.575. The molecule has 3 rings (SSSR count). The molecule has 0 saturated heterocycles. The molecule has 3 aromatic rings. The van der Waals surface area contributed by atoms with Gasteiger partial charge >= 0.3 is 0 Å². The first-order chi connectivity index (χ1) is 9.97. The molecule has 0 radical (unpaired) electrons. The van der Waals surface area contributed by atoms with Crippen LogP contribution in [-0.2, 0) is 0 Å². The Balaban J connectivity index is 2.41. The number of alkyl halides is 1. The first kappa shape index (κ1) is 14.4. The topological polar surface area (TPSA) is 17.8 Å². The Bertz CT molecular complexity index is 825. The Morgan fingerprint density at radius 1 is 1.19 bits per heavy atom. The minimum Gasteiger partial charge on any atom is -0.295 e. The van der Waals surface area contributed by atoms with Gasteiger partial charge in [0.1, 0.15) is 11.6 Å². The summed E-state index contributed by atoms with van der Waals surface area (Å²) in [6.07, 6.45) is 0. The summed E-state index contributed by atoms with van der Waals surface area (Å²) in [4.78, 5) is 4.55. The Labute approximate surface area is 132 Å². The fourth-order valence-electron chi connectivity index (χ4n) is 2.41. The number of hydrogen-bond acceptors (Lipinski definition) is 1. The monoisotopic (exact) mass is 322 g/mol. The molecule has 0 saturated carbocycles. The second-order valence-corrected chi connectivity index (χ2v) is 6.08. The molecule has 0 amide bonds. The van der Waals surface area contributed by atoms with E-state index < -0.39 is 0 Å². The van der Waals surface area contributed by atoms with Gasteiger partial charge in [-0.05, 0) is 49.7 Å². The largest absolute Gasteiger partial charge is 0.295 e. The van der Waals surface area contributed by atoms with E-state index in [9.17, 15) is 4.39 Å². The van der Waals surface area contributed by atoms with E-state index in [1.165, 1.54) is 12.1 Å². The summed E-state index contributed by atoms with van der Waals surface area (Å²) >= 11 is 12.3. The van der Waals surface area contributed by atoms with Crippen molar-refractivity contribution in [3.8, 4) is 5.69 Å². The van der Waals surface area contributed by atoms with Gasteiger partial charge in [-0.1, -0.05) is 17.7 Å². The normalized spacial score (nSPS) is 12.8. The summed E-state index contributed by atoms with van der Waals surface area (Å²) in [6.45, 7) is 3.77. The van der Waals surface area contributed by atoms with E-state index in [0.29, 0.717) is 10.8 Å². The predicted octanol–water partition coefficient (Wildman–Crippen LogP) is 5.43. The van der Waals surface area contributed by atoms with Crippen LogP contribution >= 0.6 is 23.2 Å². The number of aryl methyl sites for hydroxylation is 1. The number of hydrogen-bond donors (Lipinski definition) is 0. The summed E-state index contributed by atoms with van der Waals surface area (Å²) in [7, 11) is 0. The van der Waals surface area contributed by atoms with Gasteiger partial charge in [0.05, 0.1) is 22.1 Å². The molecule has 0 aliphatic heterocycles. The number of imidazole rings is 1. The molecule has 0 N–H and O–H groups in total. The van der Waals surface area contributed by atoms with Crippen molar-refractivity contribution in [3.05, 3.63) is 58.6 Å². The highest BCUT2D eigenvalue weighted by molar-refractivity contribution is 6.31. The number of rotatable bonds is 2. The average Bonchev–Trinajstić information content (AvgIpc) is 2.80. The lowest BCUT2D eigenvalue weighted by atomic mass is 10.2. The van der Waals surface area contributed by atoms with E-state index in [4.69, 9.17) is 23.2 Å². The summed E-state index contributed by atoms with van der Waals surface area (Å²) in [5, 5.41) is 0.297. The van der Waals surface area contributed by atoms with Gasteiger partial charge in [0.15, 0.2) is 0 Å². The van der Waals surface area contributed by atoms with Crippen molar-refractivity contribution in [2.45, 2.75) is 19.2 Å². The van der Waals surface area contributed by atoms with Crippen LogP contribution in [0.1, 0.15) is 23.7 Å². The van der Waals surface area contributed by atoms with Gasteiger partial charge in [-0.2, -0.15) is 0 Å². The Hall–Kier alpha value is -1.58. The van der Waals surface area contributed by atoms with Crippen LogP contribution in [0.15, 0.2) is 36.4 Å². The molecule has 1 unspecified atom stereocenters. The van der Waals surface area contributed by atoms with Crippen molar-refractivity contribution >= 4 is 34.2 Å². The maximum absolute atomic E-state index is 13.7. The van der Waals surface area contributed by atoms with Crippen molar-refractivity contribution in [1.82, 2.24) is 9.55 Å². The average molecular weight is 323 g/mol. The number of fused-ring (bicyclic) bond motifs is 1. The van der Waals surface area contributed by atoms with Gasteiger partial charge in [-0.15, -0.1) is 11.6 Å². The summed E-state index contributed by atoms with van der Waals surface area (Å²) in [5.41, 5.74) is 3.26. The van der Waals surface area contributed by atoms with E-state index in [2.05, 4.69) is 4.98 Å². The summed E-state index contributed by atoms with van der Waals surface area (Å²) in [5.74, 6) is 0.371. The van der Waals surface area contributed by atoms with E-state index in [-0.39, 0.29) is 11.2 Å². The van der Waals surface area contributed by atoms with Crippen LogP contribution < -0.4 is 0 Å². The molecule has 2 nitrogen and oxygen atoms in total. The lowest BCUT2D eigenvalue weighted by Gasteiger charge is -2.13. The zero-order valence-electron chi connectivity index (χ0n) is 11.6. The summed E-state index contributed by atoms with van der Waals surface area (Å²) < 4.78 is 15.5. The van der Waals surface area contributed by atoms with Gasteiger partial charge in [-0.25, -0.2) is 9.37 Å². The minimum atomic E-state index is -0.307. The molecule has 0 aliphatic rings. The third-order valence-corrected chi connectivity index (χ3v) is 3.84. The van der Waals surface area contributed by atoms with Crippen LogP contribution in [-0.4, -0.2) is 9.55 Å². The number of nitrogens with zero attached hydrogens (tertiary/aromatic N) is 2. The van der Waals surface area contributed by atoms with Crippen molar-refractivity contribution < 1.29 is 4.39 Å². The third-order valence-electron chi connectivity index (χ3n) is 3.41. The highest BCUT2D eigenvalue weighted by atomic mass is 35.5. The smallest absolute Gasteiger partial charge is 0.132 e. The molecule has 1 heterocycles. The number of halogens is 3. The third kappa shape index (κ3) is 2.52. The van der Waals surface area contributed by atoms with Crippen molar-refractivity contribution in [2.75, 3.05) is 0 Å². The minimum absolute atomic E-state index is 0.298. The molecule has 21 heavy (non-hydrogen) atoms. The lowest BCUT2D eigenvalue weighted by Crippen LogP contribution is -2.04. The highest BCUT2D eigenvalue weighted by Gasteiger charge is 2.18. The zero-order valence-corrected chi connectivity index (χ0v) is 13.1. The Kier molecular flexibility index (Phi) is 3.64. The molecule has 0 aliphatic carbocycles. The lowest BCUT2D eigenvalue weighted by molar-refractivity contribution is 0.625. The molecular formula is C16H13Cl2FN2. The van der Waals surface area contributed by atoms with Crippen molar-refractivity contribution in [1.29, 1.82) is 0 Å². The second kappa shape index (κ2) is 5.32. The van der Waals surface area contributed by atoms with Gasteiger partial charge in [0, 0.05) is 5.02 Å². The van der Waals surface area contributed by atoms with E-state index in [0.717, 1.165) is 22.3 Å². The van der Waals surface area contributed by atoms with Crippen molar-refractivity contribution in [2.24, 2.45) is 0 Å². The van der Waals surface area contributed by atoms with Crippen LogP contribution in [0, 0.1) is 12.7 Å². The Morgan fingerprint density at radius 3 is 2.67 bits per heavy atom. The molecule has 1 aromatic heterocycles. The molecule has 5 heteroatoms. The number of aromatic nitrogens is 2. The van der Waals surface area contributed by atoms with E-state index in [1.54, 1.807) is 12.1 Å². The van der Waals surface area contributed by atoms with Crippen LogP contribution in [0.3, 0.4) is 0 Å². The van der Waals surface area contributed by atoms with Gasteiger partial charge in [0.2, 0.25) is 0 Å². The van der Waals surface area contributed by atoms with Gasteiger partial charge in [0.25, 0.3) is 0 Å². The maximum Gasteiger partial charge on any atom is 0.132 e. The second-order valence-electron chi connectivity index (χ2n) is 4.99. The number of benzene rings is 2. The van der Waals surface area contributed by atoms with E-state index >= 15 is 0 Å². The molecule has 0 spiro atoms. The van der Waals surface area contributed by atoms with Crippen LogP contribution in [0.25, 0.3) is 16.7 Å². The van der Waals surface area contributed by atoms with Crippen LogP contribution in [0.2, 0.25) is 5.02 Å². The SMILES string of the molecule is Cc1ccc(F)cc1-n1c(C(C)Cl)nc2ccc(Cl)cc21. The first-order valence-corrected chi connectivity index (χ1v) is 7.37. The van der Waals surface area contributed by atoms with Gasteiger partial charge in [-0.3, -0.25) is 4.57 Å². The Morgan fingerprint density at radius 2 is 1.95 bits per heavy atom. The molecule has 0 fully saturated rings. The molecule has 2 aromatic carbocycles. The fraction of sp³-hybridized carbons (Fsp3) is 0.188. The molecular weight excluding hydrogens is 310 g/mol. The maximum atomic E-state index is 13.7. The van der Waals surface area contributed by atoms with Gasteiger partial charge < -0.3 is 0 Å². The zero-order chi connectivity index (χ0) is 15.1. The first-order valence-electron chi connectivity index (χ1n) is 6.56. The summed E-state index contributed by atoms with van der Waals surface area (Å²) in [6, 6.07) is 10.1. The van der Waals surface area contributed by atoms with E-state index in [1.807, 2.05) is 30.5 Å².